The molecule has 1 amide bonds. The fraction of sp³-hybridized carbons (Fsp3) is 0.267. The number of benzene rings is 1. The monoisotopic (exact) mass is 339 g/mol. The van der Waals surface area contributed by atoms with Gasteiger partial charge < -0.3 is 9.73 Å². The first-order valence-corrected chi connectivity index (χ1v) is 9.00. The zero-order valence-electron chi connectivity index (χ0n) is 11.6. The highest BCUT2D eigenvalue weighted by atomic mass is 35.5. The molecule has 3 rings (SSSR count). The number of nitrogens with one attached hydrogen (secondary N) is 1. The van der Waals surface area contributed by atoms with Crippen molar-refractivity contribution in [3.8, 4) is 11.3 Å². The Bertz CT molecular complexity index is 812. The Balaban J connectivity index is 1.74. The number of carbonyl (C=O) groups is 1. The average molecular weight is 340 g/mol. The second kappa shape index (κ2) is 5.78. The number of sulfone groups is 1. The summed E-state index contributed by atoms with van der Waals surface area (Å²) in [5, 5.41) is 3.22. The minimum absolute atomic E-state index is 0.0170. The van der Waals surface area contributed by atoms with Gasteiger partial charge in [-0.25, -0.2) is 8.42 Å². The first-order valence-electron chi connectivity index (χ1n) is 6.81. The summed E-state index contributed by atoms with van der Waals surface area (Å²) in [6.07, 6.45) is 0.437. The van der Waals surface area contributed by atoms with E-state index >= 15 is 0 Å². The third-order valence-electron chi connectivity index (χ3n) is 3.54. The molecule has 0 radical (unpaired) electrons. The molecule has 1 saturated heterocycles. The van der Waals surface area contributed by atoms with Crippen LogP contribution in [0.25, 0.3) is 11.3 Å². The second-order valence-corrected chi connectivity index (χ2v) is 7.85. The van der Waals surface area contributed by atoms with E-state index in [1.807, 2.05) is 12.1 Å². The van der Waals surface area contributed by atoms with Crippen molar-refractivity contribution in [3.63, 3.8) is 0 Å². The summed E-state index contributed by atoms with van der Waals surface area (Å²) in [6, 6.07) is 10.0. The van der Waals surface area contributed by atoms with Crippen LogP contribution in [-0.4, -0.2) is 31.9 Å². The van der Waals surface area contributed by atoms with Crippen LogP contribution in [-0.2, 0) is 9.84 Å². The van der Waals surface area contributed by atoms with Crippen LogP contribution in [0, 0.1) is 0 Å². The molecule has 1 N–H and O–H groups in total. The standard InChI is InChI=1S/C15H14ClNO4S/c16-12-4-2-1-3-11(12)13-5-6-14(21-13)15(18)17-10-7-8-22(19,20)9-10/h1-6,10H,7-9H2,(H,17,18)/t10-/m1/s1. The molecule has 1 aromatic heterocycles. The van der Waals surface area contributed by atoms with E-state index in [0.29, 0.717) is 22.8 Å². The largest absolute Gasteiger partial charge is 0.451 e. The Morgan fingerprint density at radius 2 is 2.00 bits per heavy atom. The normalized spacial score (nSPS) is 20.0. The first-order chi connectivity index (χ1) is 10.4. The molecule has 116 valence electrons. The molecule has 0 aliphatic carbocycles. The number of amides is 1. The number of halogens is 1. The molecule has 0 bridgehead atoms. The van der Waals surface area contributed by atoms with Gasteiger partial charge in [0.2, 0.25) is 0 Å². The maximum Gasteiger partial charge on any atom is 0.287 e. The van der Waals surface area contributed by atoms with E-state index in [-0.39, 0.29) is 23.3 Å². The fourth-order valence-electron chi connectivity index (χ4n) is 2.43. The molecular formula is C15H14ClNO4S. The van der Waals surface area contributed by atoms with Crippen LogP contribution in [0.4, 0.5) is 0 Å². The van der Waals surface area contributed by atoms with Crippen molar-refractivity contribution < 1.29 is 17.6 Å². The Morgan fingerprint density at radius 3 is 2.68 bits per heavy atom. The zero-order valence-corrected chi connectivity index (χ0v) is 13.2. The second-order valence-electron chi connectivity index (χ2n) is 5.22. The van der Waals surface area contributed by atoms with Crippen LogP contribution in [0.15, 0.2) is 40.8 Å². The molecule has 2 heterocycles. The zero-order chi connectivity index (χ0) is 15.7. The average Bonchev–Trinajstić information content (AvgIpc) is 3.06. The lowest BCUT2D eigenvalue weighted by molar-refractivity contribution is 0.0914. The summed E-state index contributed by atoms with van der Waals surface area (Å²) in [5.74, 6) is 0.312. The summed E-state index contributed by atoms with van der Waals surface area (Å²) < 4.78 is 28.3. The maximum atomic E-state index is 12.1. The smallest absolute Gasteiger partial charge is 0.287 e. The minimum atomic E-state index is -3.03. The van der Waals surface area contributed by atoms with Gasteiger partial charge in [0.05, 0.1) is 16.5 Å². The summed E-state index contributed by atoms with van der Waals surface area (Å²) in [4.78, 5) is 12.1. The third-order valence-corrected chi connectivity index (χ3v) is 5.63. The lowest BCUT2D eigenvalue weighted by Crippen LogP contribution is -2.35. The summed E-state index contributed by atoms with van der Waals surface area (Å²) in [7, 11) is -3.03. The van der Waals surface area contributed by atoms with Gasteiger partial charge in [0.25, 0.3) is 5.91 Å². The summed E-state index contributed by atoms with van der Waals surface area (Å²) in [6.45, 7) is 0. The van der Waals surface area contributed by atoms with Crippen molar-refractivity contribution >= 4 is 27.3 Å². The Morgan fingerprint density at radius 1 is 1.23 bits per heavy atom. The SMILES string of the molecule is O=C(N[C@@H]1CCS(=O)(=O)C1)c1ccc(-c2ccccc2Cl)o1. The Labute approximate surface area is 133 Å². The highest BCUT2D eigenvalue weighted by Crippen LogP contribution is 2.29. The van der Waals surface area contributed by atoms with Crippen LogP contribution in [0.2, 0.25) is 5.02 Å². The van der Waals surface area contributed by atoms with Crippen molar-refractivity contribution in [2.75, 3.05) is 11.5 Å². The van der Waals surface area contributed by atoms with E-state index in [2.05, 4.69) is 5.32 Å². The van der Waals surface area contributed by atoms with Gasteiger partial charge in [0.1, 0.15) is 5.76 Å². The van der Waals surface area contributed by atoms with Crippen molar-refractivity contribution in [1.29, 1.82) is 0 Å². The topological polar surface area (TPSA) is 76.4 Å². The number of rotatable bonds is 3. The molecule has 0 spiro atoms. The highest BCUT2D eigenvalue weighted by molar-refractivity contribution is 7.91. The third kappa shape index (κ3) is 3.18. The molecule has 1 fully saturated rings. The first kappa shape index (κ1) is 15.1. The van der Waals surface area contributed by atoms with E-state index in [9.17, 15) is 13.2 Å². The van der Waals surface area contributed by atoms with Crippen LogP contribution in [0.3, 0.4) is 0 Å². The maximum absolute atomic E-state index is 12.1. The van der Waals surface area contributed by atoms with Gasteiger partial charge in [-0.15, -0.1) is 0 Å². The number of carbonyl (C=O) groups excluding carboxylic acids is 1. The predicted octanol–water partition coefficient (Wildman–Crippen LogP) is 2.52. The van der Waals surface area contributed by atoms with Gasteiger partial charge >= 0.3 is 0 Å². The highest BCUT2D eigenvalue weighted by Gasteiger charge is 2.29. The molecule has 2 aromatic rings. The number of furan rings is 1. The van der Waals surface area contributed by atoms with E-state index in [0.717, 1.165) is 0 Å². The van der Waals surface area contributed by atoms with E-state index < -0.39 is 15.7 Å². The molecule has 0 saturated carbocycles. The van der Waals surface area contributed by atoms with Crippen molar-refractivity contribution in [2.24, 2.45) is 0 Å². The van der Waals surface area contributed by atoms with Crippen LogP contribution >= 0.6 is 11.6 Å². The summed E-state index contributed by atoms with van der Waals surface area (Å²) >= 11 is 6.09. The van der Waals surface area contributed by atoms with E-state index in [4.69, 9.17) is 16.0 Å². The molecule has 1 atom stereocenters. The van der Waals surface area contributed by atoms with Crippen LogP contribution < -0.4 is 5.32 Å². The molecule has 5 nitrogen and oxygen atoms in total. The van der Waals surface area contributed by atoms with Crippen LogP contribution in [0.1, 0.15) is 17.0 Å². The van der Waals surface area contributed by atoms with Crippen molar-refractivity contribution in [3.05, 3.63) is 47.2 Å². The van der Waals surface area contributed by atoms with Gasteiger partial charge in [-0.3, -0.25) is 4.79 Å². The lowest BCUT2D eigenvalue weighted by Gasteiger charge is -2.08. The van der Waals surface area contributed by atoms with Gasteiger partial charge in [-0.2, -0.15) is 0 Å². The molecule has 1 aliphatic rings. The molecule has 7 heteroatoms. The molecule has 1 aliphatic heterocycles. The number of hydrogen-bond donors (Lipinski definition) is 1. The summed E-state index contributed by atoms with van der Waals surface area (Å²) in [5.41, 5.74) is 0.701. The van der Waals surface area contributed by atoms with E-state index in [1.165, 1.54) is 0 Å². The van der Waals surface area contributed by atoms with Gasteiger partial charge in [-0.05, 0) is 30.7 Å². The Kier molecular flexibility index (Phi) is 3.97. The van der Waals surface area contributed by atoms with Gasteiger partial charge in [-0.1, -0.05) is 23.7 Å². The molecule has 0 unspecified atom stereocenters. The van der Waals surface area contributed by atoms with Crippen molar-refractivity contribution in [1.82, 2.24) is 5.32 Å². The van der Waals surface area contributed by atoms with Gasteiger partial charge in [0, 0.05) is 11.6 Å². The quantitative estimate of drug-likeness (QED) is 0.932. The lowest BCUT2D eigenvalue weighted by atomic mass is 10.2. The molecule has 1 aromatic carbocycles. The minimum Gasteiger partial charge on any atom is -0.451 e. The van der Waals surface area contributed by atoms with Crippen LogP contribution in [0.5, 0.6) is 0 Å². The van der Waals surface area contributed by atoms with E-state index in [1.54, 1.807) is 24.3 Å². The number of hydrogen-bond acceptors (Lipinski definition) is 4. The fourth-order valence-corrected chi connectivity index (χ4v) is 4.33. The Hall–Kier alpha value is -1.79. The van der Waals surface area contributed by atoms with Crippen molar-refractivity contribution in [2.45, 2.75) is 12.5 Å². The predicted molar refractivity (Wildman–Crippen MR) is 83.7 cm³/mol. The molecular weight excluding hydrogens is 326 g/mol. The van der Waals surface area contributed by atoms with Gasteiger partial charge in [0.15, 0.2) is 15.6 Å². The molecule has 22 heavy (non-hydrogen) atoms.